The molecule has 2 N–H and O–H groups in total. The fourth-order valence-electron chi connectivity index (χ4n) is 3.18. The van der Waals surface area contributed by atoms with Crippen LogP contribution in [-0.4, -0.2) is 23.1 Å². The van der Waals surface area contributed by atoms with Gasteiger partial charge < -0.3 is 10.3 Å². The van der Waals surface area contributed by atoms with E-state index in [0.717, 1.165) is 12.2 Å². The smallest absolute Gasteiger partial charge is 0.137 e. The Morgan fingerprint density at radius 3 is 3.06 bits per heavy atom. The van der Waals surface area contributed by atoms with Crippen molar-refractivity contribution in [1.29, 1.82) is 0 Å². The first-order chi connectivity index (χ1) is 8.69. The highest BCUT2D eigenvalue weighted by molar-refractivity contribution is 5.80. The lowest BCUT2D eigenvalue weighted by molar-refractivity contribution is 0.253. The van der Waals surface area contributed by atoms with E-state index in [1.807, 2.05) is 12.3 Å². The Morgan fingerprint density at radius 2 is 2.28 bits per heavy atom. The van der Waals surface area contributed by atoms with Crippen molar-refractivity contribution in [3.63, 3.8) is 0 Å². The zero-order chi connectivity index (χ0) is 12.6. The molecular formula is C15H21N3. The summed E-state index contributed by atoms with van der Waals surface area (Å²) in [6, 6.07) is 4.20. The molecule has 0 spiro atoms. The van der Waals surface area contributed by atoms with E-state index >= 15 is 0 Å². The van der Waals surface area contributed by atoms with Gasteiger partial charge in [-0.1, -0.05) is 13.8 Å². The average Bonchev–Trinajstić information content (AvgIpc) is 2.84. The van der Waals surface area contributed by atoms with E-state index in [1.165, 1.54) is 30.3 Å². The molecule has 18 heavy (non-hydrogen) atoms. The van der Waals surface area contributed by atoms with Crippen molar-refractivity contribution in [2.45, 2.75) is 32.1 Å². The Balaban J connectivity index is 2.01. The number of fused-ring (bicyclic) bond motifs is 1. The molecule has 3 heterocycles. The monoisotopic (exact) mass is 243 g/mol. The molecule has 1 aliphatic heterocycles. The second-order valence-corrected chi connectivity index (χ2v) is 5.87. The lowest BCUT2D eigenvalue weighted by atomic mass is 9.70. The molecule has 1 saturated heterocycles. The molecule has 1 fully saturated rings. The summed E-state index contributed by atoms with van der Waals surface area (Å²) >= 11 is 0. The summed E-state index contributed by atoms with van der Waals surface area (Å²) in [5.41, 5.74) is 2.60. The van der Waals surface area contributed by atoms with Gasteiger partial charge in [0.05, 0.1) is 0 Å². The van der Waals surface area contributed by atoms with Gasteiger partial charge in [0.1, 0.15) is 5.65 Å². The maximum atomic E-state index is 4.39. The molecule has 0 radical (unpaired) electrons. The minimum absolute atomic E-state index is 0.189. The first-order valence-electron chi connectivity index (χ1n) is 6.83. The van der Waals surface area contributed by atoms with Crippen molar-refractivity contribution in [1.82, 2.24) is 15.3 Å². The van der Waals surface area contributed by atoms with Crippen LogP contribution in [0.25, 0.3) is 11.0 Å². The largest absolute Gasteiger partial charge is 0.346 e. The van der Waals surface area contributed by atoms with Gasteiger partial charge in [-0.25, -0.2) is 4.98 Å². The fraction of sp³-hybridized carbons (Fsp3) is 0.533. The predicted molar refractivity (Wildman–Crippen MR) is 74.7 cm³/mol. The van der Waals surface area contributed by atoms with E-state index in [-0.39, 0.29) is 5.41 Å². The number of hydrogen-bond donors (Lipinski definition) is 2. The van der Waals surface area contributed by atoms with Gasteiger partial charge in [0.2, 0.25) is 0 Å². The van der Waals surface area contributed by atoms with Gasteiger partial charge in [0.15, 0.2) is 0 Å². The number of H-pyrrole nitrogens is 1. The molecule has 2 aromatic rings. The Labute approximate surface area is 108 Å². The van der Waals surface area contributed by atoms with Crippen molar-refractivity contribution in [3.8, 4) is 0 Å². The number of aromatic amines is 1. The summed E-state index contributed by atoms with van der Waals surface area (Å²) in [5, 5.41) is 4.80. The standard InChI is InChI=1S/C15H21N3/c1-15(2,11-5-3-7-16-9-11)13-10-18-14-12(13)6-4-8-17-14/h4,6,8,10-11,16H,3,5,7,9H2,1-2H3,(H,17,18). The van der Waals surface area contributed by atoms with Crippen LogP contribution in [0.2, 0.25) is 0 Å². The predicted octanol–water partition coefficient (Wildman–Crippen LogP) is 2.84. The molecule has 0 aliphatic carbocycles. The molecule has 2 aromatic heterocycles. The summed E-state index contributed by atoms with van der Waals surface area (Å²) in [6.07, 6.45) is 6.59. The maximum absolute atomic E-state index is 4.39. The SMILES string of the molecule is CC(C)(c1c[nH]c2ncccc12)C1CCCNC1. The maximum Gasteiger partial charge on any atom is 0.137 e. The van der Waals surface area contributed by atoms with Crippen LogP contribution >= 0.6 is 0 Å². The molecule has 0 bridgehead atoms. The summed E-state index contributed by atoms with van der Waals surface area (Å²) in [4.78, 5) is 7.69. The summed E-state index contributed by atoms with van der Waals surface area (Å²) in [5.74, 6) is 0.699. The molecule has 96 valence electrons. The summed E-state index contributed by atoms with van der Waals surface area (Å²) in [7, 11) is 0. The Bertz CT molecular complexity index is 535. The highest BCUT2D eigenvalue weighted by Crippen LogP contribution is 2.38. The minimum atomic E-state index is 0.189. The van der Waals surface area contributed by atoms with Crippen molar-refractivity contribution in [2.24, 2.45) is 5.92 Å². The molecule has 0 saturated carbocycles. The summed E-state index contributed by atoms with van der Waals surface area (Å²) < 4.78 is 0. The molecular weight excluding hydrogens is 222 g/mol. The first kappa shape index (κ1) is 11.7. The topological polar surface area (TPSA) is 40.7 Å². The van der Waals surface area contributed by atoms with E-state index in [2.05, 4.69) is 41.4 Å². The van der Waals surface area contributed by atoms with E-state index in [1.54, 1.807) is 0 Å². The van der Waals surface area contributed by atoms with Crippen LogP contribution < -0.4 is 5.32 Å². The third-order valence-corrected chi connectivity index (χ3v) is 4.46. The third kappa shape index (κ3) is 1.83. The molecule has 3 rings (SSSR count). The van der Waals surface area contributed by atoms with Crippen molar-refractivity contribution in [3.05, 3.63) is 30.1 Å². The Kier molecular flexibility index (Phi) is 2.86. The molecule has 1 aliphatic rings. The van der Waals surface area contributed by atoms with Crippen molar-refractivity contribution in [2.75, 3.05) is 13.1 Å². The molecule has 0 amide bonds. The van der Waals surface area contributed by atoms with Crippen LogP contribution in [0, 0.1) is 5.92 Å². The molecule has 3 nitrogen and oxygen atoms in total. The zero-order valence-electron chi connectivity index (χ0n) is 11.2. The Morgan fingerprint density at radius 1 is 1.39 bits per heavy atom. The van der Waals surface area contributed by atoms with E-state index < -0.39 is 0 Å². The van der Waals surface area contributed by atoms with Gasteiger partial charge in [0, 0.05) is 17.8 Å². The third-order valence-electron chi connectivity index (χ3n) is 4.46. The highest BCUT2D eigenvalue weighted by Gasteiger charge is 2.34. The minimum Gasteiger partial charge on any atom is -0.346 e. The van der Waals surface area contributed by atoms with Crippen LogP contribution in [0.1, 0.15) is 32.3 Å². The van der Waals surface area contributed by atoms with Crippen molar-refractivity contribution < 1.29 is 0 Å². The number of rotatable bonds is 2. The fourth-order valence-corrected chi connectivity index (χ4v) is 3.18. The summed E-state index contributed by atoms with van der Waals surface area (Å²) in [6.45, 7) is 7.02. The number of pyridine rings is 1. The van der Waals surface area contributed by atoms with Gasteiger partial charge in [-0.2, -0.15) is 0 Å². The number of piperidine rings is 1. The first-order valence-corrected chi connectivity index (χ1v) is 6.83. The molecule has 0 aromatic carbocycles. The van der Waals surface area contributed by atoms with E-state index in [9.17, 15) is 0 Å². The highest BCUT2D eigenvalue weighted by atomic mass is 14.9. The number of nitrogens with zero attached hydrogens (tertiary/aromatic N) is 1. The van der Waals surface area contributed by atoms with Crippen LogP contribution in [-0.2, 0) is 5.41 Å². The van der Waals surface area contributed by atoms with E-state index in [0.29, 0.717) is 5.92 Å². The van der Waals surface area contributed by atoms with E-state index in [4.69, 9.17) is 0 Å². The quantitative estimate of drug-likeness (QED) is 0.851. The van der Waals surface area contributed by atoms with Gasteiger partial charge in [0.25, 0.3) is 0 Å². The van der Waals surface area contributed by atoms with Crippen LogP contribution in [0.4, 0.5) is 0 Å². The van der Waals surface area contributed by atoms with Gasteiger partial charge in [-0.3, -0.25) is 0 Å². The van der Waals surface area contributed by atoms with Crippen molar-refractivity contribution >= 4 is 11.0 Å². The van der Waals surface area contributed by atoms with Crippen LogP contribution in [0.3, 0.4) is 0 Å². The lowest BCUT2D eigenvalue weighted by Gasteiger charge is -2.37. The zero-order valence-corrected chi connectivity index (χ0v) is 11.2. The Hall–Kier alpha value is -1.35. The van der Waals surface area contributed by atoms with Crippen LogP contribution in [0.5, 0.6) is 0 Å². The average molecular weight is 243 g/mol. The van der Waals surface area contributed by atoms with Gasteiger partial charge in [-0.05, 0) is 55.0 Å². The number of nitrogens with one attached hydrogen (secondary N) is 2. The number of hydrogen-bond acceptors (Lipinski definition) is 2. The number of aromatic nitrogens is 2. The molecule has 3 heteroatoms. The van der Waals surface area contributed by atoms with Gasteiger partial charge in [-0.15, -0.1) is 0 Å². The van der Waals surface area contributed by atoms with Crippen LogP contribution in [0.15, 0.2) is 24.5 Å². The normalized spacial score (nSPS) is 21.3. The van der Waals surface area contributed by atoms with Gasteiger partial charge >= 0.3 is 0 Å². The second kappa shape index (κ2) is 4.39. The molecule has 1 unspecified atom stereocenters. The second-order valence-electron chi connectivity index (χ2n) is 5.87. The lowest BCUT2D eigenvalue weighted by Crippen LogP contribution is -2.40. The molecule has 1 atom stereocenters.